The van der Waals surface area contributed by atoms with Crippen molar-refractivity contribution < 1.29 is 0 Å². The number of hydrogen-bond donors (Lipinski definition) is 1. The molecule has 1 aliphatic heterocycles. The Labute approximate surface area is 111 Å². The van der Waals surface area contributed by atoms with Crippen molar-refractivity contribution in [1.29, 1.82) is 0 Å². The van der Waals surface area contributed by atoms with E-state index in [1.54, 1.807) is 0 Å². The van der Waals surface area contributed by atoms with Gasteiger partial charge in [-0.2, -0.15) is 0 Å². The maximum atomic E-state index is 4.19. The van der Waals surface area contributed by atoms with Gasteiger partial charge in [0.25, 0.3) is 0 Å². The summed E-state index contributed by atoms with van der Waals surface area (Å²) in [6, 6.07) is 4.63. The molecular formula is C13H18BrN3. The number of piperazine rings is 1. The van der Waals surface area contributed by atoms with Gasteiger partial charge in [-0.05, 0) is 40.0 Å². The summed E-state index contributed by atoms with van der Waals surface area (Å²) in [6.07, 6.45) is 4.84. The van der Waals surface area contributed by atoms with Crippen molar-refractivity contribution in [1.82, 2.24) is 15.2 Å². The summed E-state index contributed by atoms with van der Waals surface area (Å²) in [6.45, 7) is 8.20. The van der Waals surface area contributed by atoms with E-state index in [9.17, 15) is 0 Å². The van der Waals surface area contributed by atoms with E-state index in [0.29, 0.717) is 6.04 Å². The van der Waals surface area contributed by atoms with Gasteiger partial charge in [0.1, 0.15) is 4.60 Å². The third kappa shape index (κ3) is 3.37. The number of hydrogen-bond acceptors (Lipinski definition) is 3. The van der Waals surface area contributed by atoms with Crippen LogP contribution in [0.25, 0.3) is 0 Å². The van der Waals surface area contributed by atoms with Gasteiger partial charge in [-0.1, -0.05) is 6.08 Å². The molecule has 1 fully saturated rings. The van der Waals surface area contributed by atoms with Crippen LogP contribution in [-0.4, -0.2) is 36.1 Å². The lowest BCUT2D eigenvalue weighted by Gasteiger charge is -2.34. The second-order valence-corrected chi connectivity index (χ2v) is 5.05. The van der Waals surface area contributed by atoms with Crippen molar-refractivity contribution in [2.45, 2.75) is 12.5 Å². The number of nitrogens with zero attached hydrogens (tertiary/aromatic N) is 2. The second kappa shape index (κ2) is 6.28. The molecule has 2 heterocycles. The van der Waals surface area contributed by atoms with Crippen LogP contribution < -0.4 is 5.32 Å². The lowest BCUT2D eigenvalue weighted by Crippen LogP contribution is -2.45. The van der Waals surface area contributed by atoms with E-state index in [1.807, 2.05) is 12.3 Å². The van der Waals surface area contributed by atoms with Gasteiger partial charge in [0.15, 0.2) is 0 Å². The first kappa shape index (κ1) is 12.7. The number of nitrogens with one attached hydrogen (secondary N) is 1. The summed E-state index contributed by atoms with van der Waals surface area (Å²) >= 11 is 3.44. The molecule has 0 amide bonds. The fourth-order valence-electron chi connectivity index (χ4n) is 2.27. The molecule has 1 saturated heterocycles. The van der Waals surface area contributed by atoms with Crippen molar-refractivity contribution >= 4 is 15.9 Å². The summed E-state index contributed by atoms with van der Waals surface area (Å²) in [7, 11) is 0. The summed E-state index contributed by atoms with van der Waals surface area (Å²) in [5.41, 5.74) is 1.31. The van der Waals surface area contributed by atoms with Gasteiger partial charge >= 0.3 is 0 Å². The zero-order valence-corrected chi connectivity index (χ0v) is 11.5. The number of pyridine rings is 1. The Morgan fingerprint density at radius 1 is 1.53 bits per heavy atom. The molecule has 17 heavy (non-hydrogen) atoms. The van der Waals surface area contributed by atoms with E-state index in [1.165, 1.54) is 5.56 Å². The van der Waals surface area contributed by atoms with E-state index in [2.05, 4.69) is 49.8 Å². The van der Waals surface area contributed by atoms with E-state index >= 15 is 0 Å². The van der Waals surface area contributed by atoms with Crippen molar-refractivity contribution in [2.75, 3.05) is 26.2 Å². The van der Waals surface area contributed by atoms with Gasteiger partial charge in [0.2, 0.25) is 0 Å². The van der Waals surface area contributed by atoms with E-state index < -0.39 is 0 Å². The Kier molecular flexibility index (Phi) is 4.71. The smallest absolute Gasteiger partial charge is 0.106 e. The molecule has 1 aliphatic rings. The third-order valence-corrected chi connectivity index (χ3v) is 3.55. The molecule has 0 unspecified atom stereocenters. The summed E-state index contributed by atoms with van der Waals surface area (Å²) in [4.78, 5) is 6.70. The molecule has 92 valence electrons. The van der Waals surface area contributed by atoms with E-state index in [4.69, 9.17) is 0 Å². The zero-order chi connectivity index (χ0) is 12.1. The number of aromatic nitrogens is 1. The van der Waals surface area contributed by atoms with Crippen LogP contribution in [-0.2, 0) is 0 Å². The van der Waals surface area contributed by atoms with Crippen LogP contribution in [0.1, 0.15) is 18.0 Å². The summed E-state index contributed by atoms with van der Waals surface area (Å²) in [5, 5.41) is 3.39. The Bertz CT molecular complexity index is 375. The topological polar surface area (TPSA) is 28.2 Å². The van der Waals surface area contributed by atoms with Crippen LogP contribution >= 0.6 is 15.9 Å². The van der Waals surface area contributed by atoms with Crippen molar-refractivity contribution in [3.8, 4) is 0 Å². The lowest BCUT2D eigenvalue weighted by atomic mass is 10.0. The maximum Gasteiger partial charge on any atom is 0.106 e. The van der Waals surface area contributed by atoms with Crippen LogP contribution in [0.5, 0.6) is 0 Å². The van der Waals surface area contributed by atoms with Crippen LogP contribution in [0.2, 0.25) is 0 Å². The Balaban J connectivity index is 2.18. The van der Waals surface area contributed by atoms with E-state index in [-0.39, 0.29) is 0 Å². The highest BCUT2D eigenvalue weighted by atomic mass is 79.9. The van der Waals surface area contributed by atoms with Crippen molar-refractivity contribution in [3.63, 3.8) is 0 Å². The van der Waals surface area contributed by atoms with Crippen LogP contribution in [0.3, 0.4) is 0 Å². The Morgan fingerprint density at radius 2 is 2.29 bits per heavy atom. The monoisotopic (exact) mass is 295 g/mol. The normalized spacial score (nSPS) is 18.9. The van der Waals surface area contributed by atoms with Crippen molar-refractivity contribution in [2.24, 2.45) is 0 Å². The predicted octanol–water partition coefficient (Wildman–Crippen LogP) is 2.37. The van der Waals surface area contributed by atoms with Gasteiger partial charge in [0, 0.05) is 38.4 Å². The first-order valence-corrected chi connectivity index (χ1v) is 6.77. The first-order valence-electron chi connectivity index (χ1n) is 5.98. The van der Waals surface area contributed by atoms with Gasteiger partial charge in [-0.3, -0.25) is 4.90 Å². The van der Waals surface area contributed by atoms with Gasteiger partial charge in [-0.15, -0.1) is 6.58 Å². The molecule has 1 aromatic rings. The van der Waals surface area contributed by atoms with Crippen LogP contribution in [0.15, 0.2) is 35.6 Å². The average Bonchev–Trinajstić information content (AvgIpc) is 2.37. The molecule has 4 heteroatoms. The molecule has 3 nitrogen and oxygen atoms in total. The molecule has 0 aromatic carbocycles. The SMILES string of the molecule is C=CC[C@@H](c1ccnc(Br)c1)N1CCNCC1. The summed E-state index contributed by atoms with van der Waals surface area (Å²) in [5.74, 6) is 0. The predicted molar refractivity (Wildman–Crippen MR) is 73.9 cm³/mol. The highest BCUT2D eigenvalue weighted by molar-refractivity contribution is 9.10. The fraction of sp³-hybridized carbons (Fsp3) is 0.462. The van der Waals surface area contributed by atoms with Crippen LogP contribution in [0, 0.1) is 0 Å². The van der Waals surface area contributed by atoms with E-state index in [0.717, 1.165) is 37.2 Å². The van der Waals surface area contributed by atoms with Gasteiger partial charge in [-0.25, -0.2) is 4.98 Å². The molecule has 1 atom stereocenters. The second-order valence-electron chi connectivity index (χ2n) is 4.24. The third-order valence-electron chi connectivity index (χ3n) is 3.12. The zero-order valence-electron chi connectivity index (χ0n) is 9.90. The molecule has 2 rings (SSSR count). The molecule has 0 bridgehead atoms. The first-order chi connectivity index (χ1) is 8.31. The average molecular weight is 296 g/mol. The maximum absolute atomic E-state index is 4.19. The highest BCUT2D eigenvalue weighted by Gasteiger charge is 2.21. The minimum atomic E-state index is 0.425. The fourth-order valence-corrected chi connectivity index (χ4v) is 2.65. The van der Waals surface area contributed by atoms with Crippen molar-refractivity contribution in [3.05, 3.63) is 41.2 Å². The number of halogens is 1. The quantitative estimate of drug-likeness (QED) is 0.683. The molecule has 1 N–H and O–H groups in total. The van der Waals surface area contributed by atoms with Gasteiger partial charge in [0.05, 0.1) is 0 Å². The lowest BCUT2D eigenvalue weighted by molar-refractivity contribution is 0.174. The Morgan fingerprint density at radius 3 is 2.94 bits per heavy atom. The molecule has 0 aliphatic carbocycles. The minimum absolute atomic E-state index is 0.425. The molecular weight excluding hydrogens is 278 g/mol. The van der Waals surface area contributed by atoms with Crippen LogP contribution in [0.4, 0.5) is 0 Å². The molecule has 0 spiro atoms. The minimum Gasteiger partial charge on any atom is -0.314 e. The largest absolute Gasteiger partial charge is 0.314 e. The van der Waals surface area contributed by atoms with Gasteiger partial charge < -0.3 is 5.32 Å². The Hall–Kier alpha value is -0.710. The molecule has 0 saturated carbocycles. The molecule has 1 aromatic heterocycles. The highest BCUT2D eigenvalue weighted by Crippen LogP contribution is 2.26. The number of rotatable bonds is 4. The molecule has 0 radical (unpaired) electrons. The standard InChI is InChI=1S/C13H18BrN3/c1-2-3-12(17-8-6-15-7-9-17)11-4-5-16-13(14)10-11/h2,4-5,10,12,15H,1,3,6-9H2/t12-/m0/s1. The summed E-state index contributed by atoms with van der Waals surface area (Å²) < 4.78 is 0.902.